The third kappa shape index (κ3) is 3.75. The Morgan fingerprint density at radius 3 is 2.30 bits per heavy atom. The Labute approximate surface area is 143 Å². The summed E-state index contributed by atoms with van der Waals surface area (Å²) < 4.78 is 1.67. The molecule has 1 heterocycles. The average Bonchev–Trinajstić information content (AvgIpc) is 2.79. The highest BCUT2D eigenvalue weighted by Crippen LogP contribution is 2.30. The van der Waals surface area contributed by atoms with Crippen molar-refractivity contribution in [3.63, 3.8) is 0 Å². The Bertz CT molecular complexity index is 684. The van der Waals surface area contributed by atoms with Gasteiger partial charge in [-0.3, -0.25) is 14.4 Å². The summed E-state index contributed by atoms with van der Waals surface area (Å²) in [7, 11) is 1.81. The van der Waals surface area contributed by atoms with E-state index in [0.29, 0.717) is 17.4 Å². The summed E-state index contributed by atoms with van der Waals surface area (Å²) in [5.41, 5.74) is 3.25. The number of carbonyl (C=O) groups is 1. The molecule has 0 fully saturated rings. The van der Waals surface area contributed by atoms with Crippen molar-refractivity contribution in [3.8, 4) is 0 Å². The van der Waals surface area contributed by atoms with Gasteiger partial charge >= 0.3 is 0 Å². The fraction of sp³-hybridized carbons (Fsp3) is 0.444. The molecule has 124 valence electrons. The van der Waals surface area contributed by atoms with E-state index in [1.54, 1.807) is 16.6 Å². The molecule has 0 N–H and O–H groups in total. The van der Waals surface area contributed by atoms with E-state index in [1.165, 1.54) is 5.56 Å². The first kappa shape index (κ1) is 17.5. The van der Waals surface area contributed by atoms with Crippen LogP contribution in [-0.4, -0.2) is 16.2 Å². The zero-order chi connectivity index (χ0) is 17.2. The summed E-state index contributed by atoms with van der Waals surface area (Å²) in [4.78, 5) is 13.2. The monoisotopic (exact) mass is 333 g/mol. The second-order valence-corrected chi connectivity index (χ2v) is 7.12. The second-order valence-electron chi connectivity index (χ2n) is 6.74. The molecule has 0 aliphatic heterocycles. The van der Waals surface area contributed by atoms with Gasteiger partial charge in [0.2, 0.25) is 6.41 Å². The molecule has 0 saturated carbocycles. The van der Waals surface area contributed by atoms with E-state index in [-0.39, 0.29) is 5.41 Å². The minimum absolute atomic E-state index is 0.115. The number of aryl methyl sites for hydroxylation is 2. The molecular weight excluding hydrogens is 310 g/mol. The van der Waals surface area contributed by atoms with Crippen molar-refractivity contribution in [1.82, 2.24) is 9.78 Å². The van der Waals surface area contributed by atoms with Crippen LogP contribution in [0.2, 0.25) is 5.02 Å². The molecule has 2 aromatic rings. The van der Waals surface area contributed by atoms with Gasteiger partial charge in [0, 0.05) is 7.05 Å². The molecule has 0 bridgehead atoms. The number of benzene rings is 1. The molecule has 1 aromatic carbocycles. The van der Waals surface area contributed by atoms with E-state index in [1.807, 2.05) is 6.92 Å². The van der Waals surface area contributed by atoms with Gasteiger partial charge in [0.1, 0.15) is 5.02 Å². The fourth-order valence-corrected chi connectivity index (χ4v) is 2.95. The highest BCUT2D eigenvalue weighted by Gasteiger charge is 2.19. The number of hydrogen-bond acceptors (Lipinski definition) is 2. The number of aromatic nitrogens is 2. The zero-order valence-electron chi connectivity index (χ0n) is 14.4. The van der Waals surface area contributed by atoms with Crippen molar-refractivity contribution in [1.29, 1.82) is 0 Å². The van der Waals surface area contributed by atoms with Gasteiger partial charge in [-0.15, -0.1) is 0 Å². The van der Waals surface area contributed by atoms with Gasteiger partial charge in [0.25, 0.3) is 0 Å². The lowest BCUT2D eigenvalue weighted by atomic mass is 9.87. The number of rotatable bonds is 5. The number of nitrogens with zero attached hydrogens (tertiary/aromatic N) is 3. The number of hydrogen-bond donors (Lipinski definition) is 0. The largest absolute Gasteiger partial charge is 0.294 e. The van der Waals surface area contributed by atoms with E-state index >= 15 is 0 Å². The lowest BCUT2D eigenvalue weighted by Gasteiger charge is -2.21. The van der Waals surface area contributed by atoms with Crippen LogP contribution in [0.5, 0.6) is 0 Å². The molecule has 23 heavy (non-hydrogen) atoms. The van der Waals surface area contributed by atoms with Crippen LogP contribution >= 0.6 is 11.6 Å². The number of carbonyl (C=O) groups excluding carboxylic acids is 1. The maximum Gasteiger partial charge on any atom is 0.215 e. The number of amides is 1. The first-order valence-electron chi connectivity index (χ1n) is 7.80. The van der Waals surface area contributed by atoms with Gasteiger partial charge in [-0.1, -0.05) is 63.6 Å². The van der Waals surface area contributed by atoms with Gasteiger partial charge in [-0.05, 0) is 23.0 Å². The van der Waals surface area contributed by atoms with Crippen molar-refractivity contribution in [2.45, 2.75) is 46.1 Å². The van der Waals surface area contributed by atoms with Gasteiger partial charge in [-0.25, -0.2) is 0 Å². The molecular formula is C18H24ClN3O. The molecule has 1 amide bonds. The summed E-state index contributed by atoms with van der Waals surface area (Å²) in [6.45, 7) is 9.01. The molecule has 5 heteroatoms. The van der Waals surface area contributed by atoms with Crippen molar-refractivity contribution in [2.24, 2.45) is 7.05 Å². The highest BCUT2D eigenvalue weighted by molar-refractivity contribution is 6.34. The van der Waals surface area contributed by atoms with Crippen molar-refractivity contribution in [3.05, 3.63) is 46.1 Å². The highest BCUT2D eigenvalue weighted by atomic mass is 35.5. The minimum atomic E-state index is 0.115. The summed E-state index contributed by atoms with van der Waals surface area (Å²) >= 11 is 6.37. The quantitative estimate of drug-likeness (QED) is 0.773. The molecule has 0 radical (unpaired) electrons. The standard InChI is InChI=1S/C18H24ClN3O/c1-6-15-16(19)17(21(5)20-15)22(12-23)11-13-7-9-14(10-8-13)18(2,3)4/h7-10,12H,6,11H2,1-5H3. The smallest absolute Gasteiger partial charge is 0.215 e. The van der Waals surface area contributed by atoms with Gasteiger partial charge in [-0.2, -0.15) is 5.10 Å². The van der Waals surface area contributed by atoms with Crippen molar-refractivity contribution >= 4 is 23.8 Å². The van der Waals surface area contributed by atoms with Crippen molar-refractivity contribution in [2.75, 3.05) is 4.90 Å². The lowest BCUT2D eigenvalue weighted by molar-refractivity contribution is -0.107. The SMILES string of the molecule is CCc1nn(C)c(N(C=O)Cc2ccc(C(C)(C)C)cc2)c1Cl. The molecule has 0 unspecified atom stereocenters. The average molecular weight is 334 g/mol. The topological polar surface area (TPSA) is 38.1 Å². The third-order valence-corrected chi connectivity index (χ3v) is 4.32. The summed E-state index contributed by atoms with van der Waals surface area (Å²) in [6.07, 6.45) is 1.54. The Hall–Kier alpha value is -1.81. The first-order valence-corrected chi connectivity index (χ1v) is 8.18. The molecule has 4 nitrogen and oxygen atoms in total. The maximum atomic E-state index is 11.6. The van der Waals surface area contributed by atoms with Crippen LogP contribution < -0.4 is 4.90 Å². The molecule has 0 aliphatic carbocycles. The molecule has 1 aromatic heterocycles. The van der Waals surface area contributed by atoms with Crippen LogP contribution in [-0.2, 0) is 30.2 Å². The van der Waals surface area contributed by atoms with Gasteiger partial charge in [0.05, 0.1) is 12.2 Å². The Kier molecular flexibility index (Phi) is 5.15. The van der Waals surface area contributed by atoms with Crippen LogP contribution in [0.15, 0.2) is 24.3 Å². The Balaban J connectivity index is 2.27. The number of anilines is 1. The molecule has 0 aliphatic rings. The zero-order valence-corrected chi connectivity index (χ0v) is 15.2. The van der Waals surface area contributed by atoms with Gasteiger partial charge < -0.3 is 0 Å². The first-order chi connectivity index (χ1) is 10.8. The van der Waals surface area contributed by atoms with E-state index in [4.69, 9.17) is 11.6 Å². The molecule has 0 saturated heterocycles. The van der Waals surface area contributed by atoms with Crippen molar-refractivity contribution < 1.29 is 4.79 Å². The Morgan fingerprint density at radius 2 is 1.87 bits per heavy atom. The van der Waals surface area contributed by atoms with E-state index < -0.39 is 0 Å². The predicted molar refractivity (Wildman–Crippen MR) is 95.0 cm³/mol. The van der Waals surface area contributed by atoms with Crippen LogP contribution in [0.1, 0.15) is 44.5 Å². The molecule has 2 rings (SSSR count). The van der Waals surface area contributed by atoms with Crippen LogP contribution in [0.4, 0.5) is 5.82 Å². The molecule has 0 atom stereocenters. The predicted octanol–water partition coefficient (Wildman–Crippen LogP) is 4.10. The van der Waals surface area contributed by atoms with Crippen LogP contribution in [0, 0.1) is 0 Å². The van der Waals surface area contributed by atoms with Crippen LogP contribution in [0.3, 0.4) is 0 Å². The molecule has 0 spiro atoms. The van der Waals surface area contributed by atoms with E-state index in [9.17, 15) is 4.79 Å². The summed E-state index contributed by atoms with van der Waals surface area (Å²) in [5.74, 6) is 0.637. The van der Waals surface area contributed by atoms with Gasteiger partial charge in [0.15, 0.2) is 5.82 Å². The van der Waals surface area contributed by atoms with Crippen LogP contribution in [0.25, 0.3) is 0 Å². The number of halogens is 1. The van der Waals surface area contributed by atoms with E-state index in [2.05, 4.69) is 50.1 Å². The normalized spacial score (nSPS) is 11.6. The maximum absolute atomic E-state index is 11.6. The fourth-order valence-electron chi connectivity index (χ4n) is 2.55. The van der Waals surface area contributed by atoms with E-state index in [0.717, 1.165) is 24.1 Å². The second kappa shape index (κ2) is 6.75. The minimum Gasteiger partial charge on any atom is -0.294 e. The Morgan fingerprint density at radius 1 is 1.26 bits per heavy atom. The summed E-state index contributed by atoms with van der Waals surface area (Å²) in [6, 6.07) is 8.34. The third-order valence-electron chi connectivity index (χ3n) is 3.93. The summed E-state index contributed by atoms with van der Waals surface area (Å²) in [5, 5.41) is 4.92. The lowest BCUT2D eigenvalue weighted by Crippen LogP contribution is -2.23.